The van der Waals surface area contributed by atoms with E-state index in [1.54, 1.807) is 45.0 Å². The number of alkyl carbamates (subject to hydrolysis) is 1. The minimum Gasteiger partial charge on any atom is -0.494 e. The summed E-state index contributed by atoms with van der Waals surface area (Å²) in [5, 5.41) is 20.9. The fraction of sp³-hybridized carbons (Fsp3) is 0.636. The van der Waals surface area contributed by atoms with Crippen molar-refractivity contribution in [3.63, 3.8) is 0 Å². The van der Waals surface area contributed by atoms with Crippen molar-refractivity contribution in [3.8, 4) is 5.75 Å². The molecule has 9 N–H and O–H groups in total. The second-order valence-electron chi connectivity index (χ2n) is 13.3. The maximum atomic E-state index is 13.9. The van der Waals surface area contributed by atoms with Crippen molar-refractivity contribution in [2.45, 2.75) is 90.8 Å². The van der Waals surface area contributed by atoms with Gasteiger partial charge in [-0.05, 0) is 76.5 Å². The Labute approximate surface area is 282 Å². The van der Waals surface area contributed by atoms with E-state index in [0.717, 1.165) is 5.56 Å². The fourth-order valence-electron chi connectivity index (χ4n) is 5.23. The summed E-state index contributed by atoms with van der Waals surface area (Å²) in [4.78, 5) is 69.1. The number of rotatable bonds is 13. The zero-order valence-corrected chi connectivity index (χ0v) is 28.7. The number of hydrogen-bond acceptors (Lipinski definition) is 8. The van der Waals surface area contributed by atoms with E-state index < -0.39 is 59.3 Å². The van der Waals surface area contributed by atoms with Gasteiger partial charge in [0.1, 0.15) is 23.4 Å². The highest BCUT2D eigenvalue weighted by Crippen LogP contribution is 2.27. The number of nitrogens with one attached hydrogen (secondary N) is 4. The molecule has 4 amide bonds. The number of carbonyl (C=O) groups is 5. The molecule has 0 aliphatic carbocycles. The van der Waals surface area contributed by atoms with Gasteiger partial charge in [0, 0.05) is 26.1 Å². The summed E-state index contributed by atoms with van der Waals surface area (Å²) in [6.07, 6.45) is 0.901. The van der Waals surface area contributed by atoms with Crippen LogP contribution in [0.15, 0.2) is 29.3 Å². The Kier molecular flexibility index (Phi) is 15.9. The molecule has 15 nitrogen and oxygen atoms in total. The number of amides is 4. The third-order valence-electron chi connectivity index (χ3n) is 7.46. The molecule has 0 fully saturated rings. The topological polar surface area (TPSA) is 237 Å². The third-order valence-corrected chi connectivity index (χ3v) is 7.46. The number of fused-ring (bicyclic) bond motifs is 11. The van der Waals surface area contributed by atoms with Crippen LogP contribution in [0.25, 0.3) is 0 Å². The first-order chi connectivity index (χ1) is 22.6. The minimum atomic E-state index is -1.13. The highest BCUT2D eigenvalue weighted by molar-refractivity contribution is 5.93. The molecular formula is C33H53N7O8. The fourth-order valence-corrected chi connectivity index (χ4v) is 5.23. The van der Waals surface area contributed by atoms with Crippen molar-refractivity contribution < 1.29 is 38.6 Å². The van der Waals surface area contributed by atoms with E-state index in [0.29, 0.717) is 31.6 Å². The molecule has 268 valence electrons. The number of aliphatic carboxylic acids is 1. The van der Waals surface area contributed by atoms with Crippen LogP contribution >= 0.6 is 0 Å². The monoisotopic (exact) mass is 675 g/mol. The van der Waals surface area contributed by atoms with Gasteiger partial charge in [0.05, 0.1) is 18.4 Å². The molecule has 0 saturated carbocycles. The van der Waals surface area contributed by atoms with Crippen LogP contribution in [0.4, 0.5) is 4.79 Å². The smallest absolute Gasteiger partial charge is 0.407 e. The predicted octanol–water partition coefficient (Wildman–Crippen LogP) is 1.43. The second kappa shape index (κ2) is 19.3. The predicted molar refractivity (Wildman–Crippen MR) is 180 cm³/mol. The summed E-state index contributed by atoms with van der Waals surface area (Å²) in [6.45, 7) is 9.65. The molecule has 48 heavy (non-hydrogen) atoms. The summed E-state index contributed by atoms with van der Waals surface area (Å²) in [5.74, 6) is -4.15. The molecule has 15 heteroatoms. The summed E-state index contributed by atoms with van der Waals surface area (Å²) in [7, 11) is 0. The van der Waals surface area contributed by atoms with Crippen LogP contribution in [-0.4, -0.2) is 84.8 Å². The largest absolute Gasteiger partial charge is 0.494 e. The number of nitrogens with zero attached hydrogens (tertiary/aromatic N) is 1. The van der Waals surface area contributed by atoms with E-state index in [9.17, 15) is 29.1 Å². The van der Waals surface area contributed by atoms with Crippen molar-refractivity contribution in [1.82, 2.24) is 21.3 Å². The van der Waals surface area contributed by atoms with Crippen LogP contribution in [0.3, 0.4) is 0 Å². The normalized spacial score (nSPS) is 19.1. The zero-order chi connectivity index (χ0) is 35.9. The Morgan fingerprint density at radius 2 is 1.77 bits per heavy atom. The van der Waals surface area contributed by atoms with Crippen LogP contribution in [0, 0.1) is 17.8 Å². The number of ether oxygens (including phenoxy) is 2. The SMILES string of the molecule is CC(C)C[C@H]1C(=O)N[C@H](C(=O)N[C@@H](CCCN=C(N)N)C(=O)NCCNC(=O)OC(C)(C)C)Cc2ccc(cc2)OCCCC1C(=O)O. The number of nitrogens with two attached hydrogens (primary N) is 2. The zero-order valence-electron chi connectivity index (χ0n) is 28.7. The van der Waals surface area contributed by atoms with Gasteiger partial charge in [-0.15, -0.1) is 0 Å². The van der Waals surface area contributed by atoms with Crippen LogP contribution in [-0.2, 0) is 30.3 Å². The van der Waals surface area contributed by atoms with Crippen molar-refractivity contribution in [2.24, 2.45) is 34.2 Å². The average Bonchev–Trinajstić information content (AvgIpc) is 2.98. The lowest BCUT2D eigenvalue weighted by molar-refractivity contribution is -0.148. The molecular weight excluding hydrogens is 622 g/mol. The maximum absolute atomic E-state index is 13.9. The highest BCUT2D eigenvalue weighted by Gasteiger charge is 2.36. The molecule has 2 aliphatic heterocycles. The van der Waals surface area contributed by atoms with Crippen LogP contribution in [0.1, 0.15) is 72.3 Å². The molecule has 1 aromatic carbocycles. The van der Waals surface area contributed by atoms with Crippen molar-refractivity contribution in [2.75, 3.05) is 26.2 Å². The van der Waals surface area contributed by atoms with Gasteiger partial charge in [0.15, 0.2) is 5.96 Å². The van der Waals surface area contributed by atoms with Gasteiger partial charge in [-0.2, -0.15) is 0 Å². The molecule has 2 aliphatic rings. The van der Waals surface area contributed by atoms with Gasteiger partial charge >= 0.3 is 12.1 Å². The average molecular weight is 676 g/mol. The van der Waals surface area contributed by atoms with Gasteiger partial charge in [-0.3, -0.25) is 24.2 Å². The van der Waals surface area contributed by atoms with E-state index in [1.807, 2.05) is 13.8 Å². The number of carboxylic acid groups (broad SMARTS) is 1. The van der Waals surface area contributed by atoms with E-state index in [2.05, 4.69) is 26.3 Å². The summed E-state index contributed by atoms with van der Waals surface area (Å²) in [6, 6.07) is 4.91. The molecule has 1 unspecified atom stereocenters. The summed E-state index contributed by atoms with van der Waals surface area (Å²) in [5.41, 5.74) is 10.9. The highest BCUT2D eigenvalue weighted by atomic mass is 16.6. The minimum absolute atomic E-state index is 0.0138. The number of hydrogen-bond donors (Lipinski definition) is 7. The standard InChI is InChI=1S/C33H53N7O8/c1-20(2)18-24-23(30(44)45)8-7-17-47-22-12-10-21(11-13-22)19-26(40-27(24)41)29(43)39-25(9-6-14-37-31(34)35)28(42)36-15-16-38-32(46)48-33(3,4)5/h10-13,20,23-26H,6-9,14-19H2,1-5H3,(H,36,42)(H,38,46)(H,39,43)(H,40,41)(H,44,45)(H4,34,35,37)/t23?,24-,25+,26+/m1/s1. The Morgan fingerprint density at radius 1 is 1.10 bits per heavy atom. The molecule has 0 aromatic heterocycles. The van der Waals surface area contributed by atoms with Crippen LogP contribution in [0.2, 0.25) is 0 Å². The number of carboxylic acids is 1. The van der Waals surface area contributed by atoms with Gasteiger partial charge in [0.25, 0.3) is 0 Å². The van der Waals surface area contributed by atoms with Crippen LogP contribution < -0.4 is 37.5 Å². The van der Waals surface area contributed by atoms with Crippen molar-refractivity contribution in [3.05, 3.63) is 29.8 Å². The van der Waals surface area contributed by atoms with E-state index >= 15 is 0 Å². The Balaban J connectivity index is 2.29. The van der Waals surface area contributed by atoms with E-state index in [4.69, 9.17) is 20.9 Å². The van der Waals surface area contributed by atoms with Crippen molar-refractivity contribution in [1.29, 1.82) is 0 Å². The molecule has 1 aromatic rings. The number of carbonyl (C=O) groups excluding carboxylic acids is 4. The Bertz CT molecular complexity index is 1260. The van der Waals surface area contributed by atoms with Gasteiger partial charge < -0.3 is 47.3 Å². The third kappa shape index (κ3) is 14.9. The Hall–Kier alpha value is -4.56. The van der Waals surface area contributed by atoms with Gasteiger partial charge in [0.2, 0.25) is 17.7 Å². The lowest BCUT2D eigenvalue weighted by atomic mass is 9.81. The molecule has 2 bridgehead atoms. The number of benzene rings is 1. The van der Waals surface area contributed by atoms with Crippen LogP contribution in [0.5, 0.6) is 5.75 Å². The molecule has 0 radical (unpaired) electrons. The number of aliphatic imine (C=N–C) groups is 1. The maximum Gasteiger partial charge on any atom is 0.407 e. The number of guanidine groups is 1. The Morgan fingerprint density at radius 3 is 2.38 bits per heavy atom. The lowest BCUT2D eigenvalue weighted by Crippen LogP contribution is -2.56. The second-order valence-corrected chi connectivity index (χ2v) is 13.3. The molecule has 0 spiro atoms. The summed E-state index contributed by atoms with van der Waals surface area (Å²) < 4.78 is 11.0. The first-order valence-electron chi connectivity index (χ1n) is 16.4. The molecule has 0 saturated heterocycles. The first kappa shape index (κ1) is 39.6. The van der Waals surface area contributed by atoms with Gasteiger partial charge in [-0.25, -0.2) is 4.79 Å². The lowest BCUT2D eigenvalue weighted by Gasteiger charge is -2.28. The van der Waals surface area contributed by atoms with E-state index in [1.165, 1.54) is 0 Å². The quantitative estimate of drug-likeness (QED) is 0.0902. The van der Waals surface area contributed by atoms with Gasteiger partial charge in [-0.1, -0.05) is 26.0 Å². The first-order valence-corrected chi connectivity index (χ1v) is 16.4. The van der Waals surface area contributed by atoms with Crippen molar-refractivity contribution >= 4 is 35.7 Å². The molecule has 3 rings (SSSR count). The summed E-state index contributed by atoms with van der Waals surface area (Å²) >= 11 is 0. The molecule has 2 heterocycles. The van der Waals surface area contributed by atoms with E-state index in [-0.39, 0.29) is 50.8 Å². The molecule has 4 atom stereocenters.